The normalized spacial score (nSPS) is 20.0. The van der Waals surface area contributed by atoms with Gasteiger partial charge in [-0.05, 0) is 26.3 Å². The fraction of sp³-hybridized carbons (Fsp3) is 0.611. The fourth-order valence-corrected chi connectivity index (χ4v) is 3.00. The molecule has 2 atom stereocenters. The number of para-hydroxylation sites is 1. The first-order valence-corrected chi connectivity index (χ1v) is 8.61. The first-order valence-electron chi connectivity index (χ1n) is 8.61. The minimum Gasteiger partial charge on any atom is -0.494 e. The average Bonchev–Trinajstić information content (AvgIpc) is 2.56. The molecule has 1 heterocycles. The van der Waals surface area contributed by atoms with Crippen LogP contribution in [0.15, 0.2) is 24.3 Å². The molecule has 5 nitrogen and oxygen atoms in total. The molecule has 0 spiro atoms. The van der Waals surface area contributed by atoms with Crippen LogP contribution >= 0.6 is 0 Å². The highest BCUT2D eigenvalue weighted by molar-refractivity contribution is 5.78. The largest absolute Gasteiger partial charge is 0.494 e. The molecule has 0 aromatic heterocycles. The van der Waals surface area contributed by atoms with Crippen molar-refractivity contribution in [3.05, 3.63) is 29.8 Å². The molecule has 128 valence electrons. The van der Waals surface area contributed by atoms with E-state index in [4.69, 9.17) is 4.74 Å². The highest BCUT2D eigenvalue weighted by Crippen LogP contribution is 2.27. The first-order chi connectivity index (χ1) is 11.2. The number of carbonyl (C=O) groups is 1. The summed E-state index contributed by atoms with van der Waals surface area (Å²) in [5.74, 6) is 0.939. The summed E-state index contributed by atoms with van der Waals surface area (Å²) in [5, 5.41) is 6.52. The summed E-state index contributed by atoms with van der Waals surface area (Å²) in [4.78, 5) is 14.7. The third kappa shape index (κ3) is 4.94. The predicted octanol–water partition coefficient (Wildman–Crippen LogP) is 1.95. The average molecular weight is 319 g/mol. The maximum atomic E-state index is 12.5. The minimum absolute atomic E-state index is 0.0107. The van der Waals surface area contributed by atoms with E-state index in [-0.39, 0.29) is 11.9 Å². The van der Waals surface area contributed by atoms with Gasteiger partial charge in [-0.2, -0.15) is 0 Å². The van der Waals surface area contributed by atoms with Crippen molar-refractivity contribution in [2.75, 3.05) is 32.8 Å². The summed E-state index contributed by atoms with van der Waals surface area (Å²) in [6.45, 7) is 10.1. The Kier molecular flexibility index (Phi) is 6.86. The van der Waals surface area contributed by atoms with E-state index >= 15 is 0 Å². The van der Waals surface area contributed by atoms with E-state index in [0.717, 1.165) is 37.4 Å². The third-order valence-corrected chi connectivity index (χ3v) is 4.32. The molecular weight excluding hydrogens is 290 g/mol. The minimum atomic E-state index is -0.0107. The Morgan fingerprint density at radius 1 is 1.43 bits per heavy atom. The SMILES string of the molecule is CCOc1ccccc1C(CC)NC(=O)CN1CCNC[C@H]1C. The van der Waals surface area contributed by atoms with Crippen LogP contribution in [0, 0.1) is 0 Å². The Morgan fingerprint density at radius 2 is 2.22 bits per heavy atom. The van der Waals surface area contributed by atoms with Crippen LogP contribution < -0.4 is 15.4 Å². The highest BCUT2D eigenvalue weighted by Gasteiger charge is 2.22. The van der Waals surface area contributed by atoms with Crippen LogP contribution in [0.4, 0.5) is 0 Å². The lowest BCUT2D eigenvalue weighted by atomic mass is 10.0. The van der Waals surface area contributed by atoms with Crippen LogP contribution in [0.1, 0.15) is 38.8 Å². The van der Waals surface area contributed by atoms with E-state index in [0.29, 0.717) is 19.2 Å². The molecule has 1 aliphatic heterocycles. The summed E-state index contributed by atoms with van der Waals surface area (Å²) >= 11 is 0. The molecule has 0 aliphatic carbocycles. The van der Waals surface area contributed by atoms with Crippen LogP contribution in [-0.2, 0) is 4.79 Å². The van der Waals surface area contributed by atoms with Gasteiger partial charge < -0.3 is 15.4 Å². The van der Waals surface area contributed by atoms with Gasteiger partial charge in [0.05, 0.1) is 19.2 Å². The lowest BCUT2D eigenvalue weighted by molar-refractivity contribution is -0.123. The van der Waals surface area contributed by atoms with Crippen LogP contribution in [-0.4, -0.2) is 49.6 Å². The molecule has 1 fully saturated rings. The van der Waals surface area contributed by atoms with Crippen molar-refractivity contribution in [1.82, 2.24) is 15.5 Å². The molecule has 2 rings (SSSR count). The van der Waals surface area contributed by atoms with Gasteiger partial charge in [0, 0.05) is 31.2 Å². The maximum Gasteiger partial charge on any atom is 0.234 e. The van der Waals surface area contributed by atoms with Gasteiger partial charge in [-0.1, -0.05) is 25.1 Å². The molecule has 0 saturated carbocycles. The molecule has 5 heteroatoms. The van der Waals surface area contributed by atoms with Crippen LogP contribution in [0.2, 0.25) is 0 Å². The van der Waals surface area contributed by atoms with Crippen LogP contribution in [0.5, 0.6) is 5.75 Å². The standard InChI is InChI=1S/C18H29N3O2/c1-4-16(15-8-6-7-9-17(15)23-5-2)20-18(22)13-21-11-10-19-12-14(21)3/h6-9,14,16,19H,4-5,10-13H2,1-3H3,(H,20,22)/t14-,16?/m1/s1. The number of hydrogen-bond acceptors (Lipinski definition) is 4. The van der Waals surface area contributed by atoms with Crippen molar-refractivity contribution in [1.29, 1.82) is 0 Å². The Morgan fingerprint density at radius 3 is 2.91 bits per heavy atom. The van der Waals surface area contributed by atoms with Gasteiger partial charge >= 0.3 is 0 Å². The molecule has 1 saturated heterocycles. The van der Waals surface area contributed by atoms with Crippen molar-refractivity contribution < 1.29 is 9.53 Å². The summed E-state index contributed by atoms with van der Waals surface area (Å²) in [5.41, 5.74) is 1.05. The van der Waals surface area contributed by atoms with Gasteiger partial charge in [0.1, 0.15) is 5.75 Å². The van der Waals surface area contributed by atoms with Gasteiger partial charge in [-0.25, -0.2) is 0 Å². The van der Waals surface area contributed by atoms with Crippen molar-refractivity contribution in [2.24, 2.45) is 0 Å². The number of benzene rings is 1. The maximum absolute atomic E-state index is 12.5. The van der Waals surface area contributed by atoms with Gasteiger partial charge in [0.2, 0.25) is 5.91 Å². The fourth-order valence-electron chi connectivity index (χ4n) is 3.00. The molecule has 1 aromatic rings. The zero-order valence-corrected chi connectivity index (χ0v) is 14.5. The lowest BCUT2D eigenvalue weighted by Crippen LogP contribution is -2.52. The molecule has 1 aromatic carbocycles. The molecule has 1 unspecified atom stereocenters. The third-order valence-electron chi connectivity index (χ3n) is 4.32. The van der Waals surface area contributed by atoms with E-state index in [1.165, 1.54) is 0 Å². The number of piperazine rings is 1. The number of nitrogens with one attached hydrogen (secondary N) is 2. The lowest BCUT2D eigenvalue weighted by Gasteiger charge is -2.33. The Labute approximate surface area is 139 Å². The van der Waals surface area contributed by atoms with Crippen LogP contribution in [0.3, 0.4) is 0 Å². The zero-order chi connectivity index (χ0) is 16.7. The molecule has 1 amide bonds. The monoisotopic (exact) mass is 319 g/mol. The second kappa shape index (κ2) is 8.89. The van der Waals surface area contributed by atoms with E-state index < -0.39 is 0 Å². The zero-order valence-electron chi connectivity index (χ0n) is 14.5. The van der Waals surface area contributed by atoms with Gasteiger partial charge in [0.25, 0.3) is 0 Å². The second-order valence-corrected chi connectivity index (χ2v) is 6.02. The number of nitrogens with zero attached hydrogens (tertiary/aromatic N) is 1. The smallest absolute Gasteiger partial charge is 0.234 e. The van der Waals surface area contributed by atoms with E-state index in [9.17, 15) is 4.79 Å². The van der Waals surface area contributed by atoms with Gasteiger partial charge in [0.15, 0.2) is 0 Å². The molecule has 0 radical (unpaired) electrons. The van der Waals surface area contributed by atoms with E-state index in [1.807, 2.05) is 31.2 Å². The van der Waals surface area contributed by atoms with Crippen molar-refractivity contribution in [2.45, 2.75) is 39.3 Å². The summed E-state index contributed by atoms with van der Waals surface area (Å²) in [7, 11) is 0. The summed E-state index contributed by atoms with van der Waals surface area (Å²) in [6, 6.07) is 8.34. The molecule has 23 heavy (non-hydrogen) atoms. The van der Waals surface area contributed by atoms with E-state index in [2.05, 4.69) is 29.4 Å². The Hall–Kier alpha value is -1.59. The Balaban J connectivity index is 2.00. The van der Waals surface area contributed by atoms with Crippen molar-refractivity contribution >= 4 is 5.91 Å². The molecule has 0 bridgehead atoms. The predicted molar refractivity (Wildman–Crippen MR) is 92.7 cm³/mol. The highest BCUT2D eigenvalue weighted by atomic mass is 16.5. The molecular formula is C18H29N3O2. The number of carbonyl (C=O) groups excluding carboxylic acids is 1. The quantitative estimate of drug-likeness (QED) is 0.806. The van der Waals surface area contributed by atoms with Crippen LogP contribution in [0.25, 0.3) is 0 Å². The summed E-state index contributed by atoms with van der Waals surface area (Å²) in [6.07, 6.45) is 0.840. The van der Waals surface area contributed by atoms with Crippen molar-refractivity contribution in [3.8, 4) is 5.75 Å². The van der Waals surface area contributed by atoms with Gasteiger partial charge in [-0.3, -0.25) is 9.69 Å². The molecule has 2 N–H and O–H groups in total. The first kappa shape index (κ1) is 17.8. The number of amides is 1. The number of rotatable bonds is 7. The van der Waals surface area contributed by atoms with E-state index in [1.54, 1.807) is 0 Å². The topological polar surface area (TPSA) is 53.6 Å². The Bertz CT molecular complexity index is 507. The summed E-state index contributed by atoms with van der Waals surface area (Å²) < 4.78 is 5.70. The van der Waals surface area contributed by atoms with Gasteiger partial charge in [-0.15, -0.1) is 0 Å². The second-order valence-electron chi connectivity index (χ2n) is 6.02. The number of hydrogen-bond donors (Lipinski definition) is 2. The number of ether oxygens (including phenoxy) is 1. The molecule has 1 aliphatic rings. The van der Waals surface area contributed by atoms with Crippen molar-refractivity contribution in [3.63, 3.8) is 0 Å².